The lowest BCUT2D eigenvalue weighted by molar-refractivity contribution is -0.384. The van der Waals surface area contributed by atoms with E-state index in [2.05, 4.69) is 31.3 Å². The second kappa shape index (κ2) is 9.45. The summed E-state index contributed by atoms with van der Waals surface area (Å²) in [7, 11) is 0. The Kier molecular flexibility index (Phi) is 7.03. The molecule has 2 aromatic rings. The van der Waals surface area contributed by atoms with E-state index in [9.17, 15) is 14.9 Å². The number of nitro groups is 1. The molecule has 0 aliphatic carbocycles. The van der Waals surface area contributed by atoms with Crippen LogP contribution in [0.25, 0.3) is 6.08 Å². The zero-order valence-corrected chi connectivity index (χ0v) is 16.1. The van der Waals surface area contributed by atoms with Crippen LogP contribution in [-0.4, -0.2) is 23.7 Å². The summed E-state index contributed by atoms with van der Waals surface area (Å²) in [5.74, 6) is 0.220. The van der Waals surface area contributed by atoms with Crippen molar-refractivity contribution >= 4 is 23.9 Å². The maximum Gasteiger partial charge on any atom is 0.277 e. The van der Waals surface area contributed by atoms with Crippen molar-refractivity contribution in [3.8, 4) is 5.75 Å². The first-order chi connectivity index (χ1) is 13.3. The number of non-ortho nitro benzene ring substituents is 1. The van der Waals surface area contributed by atoms with Crippen LogP contribution < -0.4 is 10.2 Å². The third kappa shape index (κ3) is 6.68. The highest BCUT2D eigenvalue weighted by atomic mass is 16.6. The molecule has 146 valence electrons. The van der Waals surface area contributed by atoms with Crippen molar-refractivity contribution in [3.05, 3.63) is 75.8 Å². The summed E-state index contributed by atoms with van der Waals surface area (Å²) in [6, 6.07) is 13.8. The Labute approximate surface area is 163 Å². The minimum absolute atomic E-state index is 0.0140. The molecule has 0 aliphatic rings. The fraction of sp³-hybridized carbons (Fsp3) is 0.238. The Balaban J connectivity index is 1.77. The molecule has 0 fully saturated rings. The second-order valence-electron chi connectivity index (χ2n) is 7.09. The Morgan fingerprint density at radius 1 is 1.21 bits per heavy atom. The Morgan fingerprint density at radius 2 is 1.93 bits per heavy atom. The van der Waals surface area contributed by atoms with Gasteiger partial charge in [0.2, 0.25) is 0 Å². The number of nitrogens with one attached hydrogen (secondary N) is 1. The molecule has 0 bridgehead atoms. The number of rotatable bonds is 7. The van der Waals surface area contributed by atoms with Gasteiger partial charge in [0.25, 0.3) is 11.6 Å². The van der Waals surface area contributed by atoms with Gasteiger partial charge in [0.05, 0.1) is 4.92 Å². The number of carbonyl (C=O) groups is 1. The second-order valence-corrected chi connectivity index (χ2v) is 7.09. The average molecular weight is 381 g/mol. The predicted molar refractivity (Wildman–Crippen MR) is 109 cm³/mol. The van der Waals surface area contributed by atoms with E-state index in [-0.39, 0.29) is 23.6 Å². The zero-order valence-electron chi connectivity index (χ0n) is 16.1. The van der Waals surface area contributed by atoms with Crippen LogP contribution in [0.15, 0.2) is 59.7 Å². The summed E-state index contributed by atoms with van der Waals surface area (Å²) in [5, 5.41) is 14.5. The monoisotopic (exact) mass is 381 g/mol. The van der Waals surface area contributed by atoms with Crippen LogP contribution in [-0.2, 0) is 10.2 Å². The number of ether oxygens (including phenoxy) is 1. The molecule has 0 unspecified atom stereocenters. The molecule has 0 spiro atoms. The molecular weight excluding hydrogens is 358 g/mol. The molecule has 2 rings (SSSR count). The number of allylic oxidation sites excluding steroid dienone is 1. The molecule has 7 heteroatoms. The van der Waals surface area contributed by atoms with Crippen molar-refractivity contribution < 1.29 is 14.5 Å². The number of carbonyl (C=O) groups excluding carboxylic acids is 1. The van der Waals surface area contributed by atoms with Gasteiger partial charge in [-0.05, 0) is 34.8 Å². The molecule has 0 atom stereocenters. The Bertz CT molecular complexity index is 881. The average Bonchev–Trinajstić information content (AvgIpc) is 2.66. The van der Waals surface area contributed by atoms with Gasteiger partial charge in [-0.2, -0.15) is 5.10 Å². The van der Waals surface area contributed by atoms with Crippen LogP contribution in [0.4, 0.5) is 5.69 Å². The molecule has 28 heavy (non-hydrogen) atoms. The molecule has 2 aromatic carbocycles. The van der Waals surface area contributed by atoms with Gasteiger partial charge in [-0.25, -0.2) is 5.43 Å². The van der Waals surface area contributed by atoms with Gasteiger partial charge in [0, 0.05) is 18.3 Å². The predicted octanol–water partition coefficient (Wildman–Crippen LogP) is 4.09. The summed E-state index contributed by atoms with van der Waals surface area (Å²) in [6.07, 6.45) is 4.61. The zero-order chi connectivity index (χ0) is 20.6. The highest BCUT2D eigenvalue weighted by molar-refractivity contribution is 5.82. The first-order valence-electron chi connectivity index (χ1n) is 8.72. The van der Waals surface area contributed by atoms with E-state index in [0.717, 1.165) is 0 Å². The molecule has 0 aromatic heterocycles. The molecule has 1 N–H and O–H groups in total. The van der Waals surface area contributed by atoms with Crippen molar-refractivity contribution in [2.45, 2.75) is 26.2 Å². The van der Waals surface area contributed by atoms with Crippen LogP contribution in [0.3, 0.4) is 0 Å². The third-order valence-electron chi connectivity index (χ3n) is 3.81. The molecule has 0 saturated carbocycles. The van der Waals surface area contributed by atoms with Gasteiger partial charge in [-0.1, -0.05) is 51.1 Å². The highest BCUT2D eigenvalue weighted by Gasteiger charge is 2.13. The molecule has 7 nitrogen and oxygen atoms in total. The lowest BCUT2D eigenvalue weighted by atomic mass is 9.87. The standard InChI is InChI=1S/C21H23N3O4/c1-21(2,3)17-9-11-19(12-10-17)28-15-20(25)23-22-13-5-7-16-6-4-8-18(14-16)24(26)27/h4-14H,15H2,1-3H3,(H,23,25)/b7-5+,22-13+. The molecule has 0 aliphatic heterocycles. The molecular formula is C21H23N3O4. The summed E-state index contributed by atoms with van der Waals surface area (Å²) in [4.78, 5) is 22.0. The van der Waals surface area contributed by atoms with Crippen LogP contribution in [0.5, 0.6) is 5.75 Å². The van der Waals surface area contributed by atoms with E-state index in [4.69, 9.17) is 4.74 Å². The van der Waals surface area contributed by atoms with Crippen molar-refractivity contribution in [3.63, 3.8) is 0 Å². The fourth-order valence-corrected chi connectivity index (χ4v) is 2.28. The number of hydrogen-bond acceptors (Lipinski definition) is 5. The summed E-state index contributed by atoms with van der Waals surface area (Å²) < 4.78 is 5.43. The number of hydrazone groups is 1. The van der Waals surface area contributed by atoms with Gasteiger partial charge >= 0.3 is 0 Å². The summed E-state index contributed by atoms with van der Waals surface area (Å²) in [5.41, 5.74) is 4.27. The minimum Gasteiger partial charge on any atom is -0.484 e. The van der Waals surface area contributed by atoms with Gasteiger partial charge in [-0.3, -0.25) is 14.9 Å². The molecule has 0 radical (unpaired) electrons. The lowest BCUT2D eigenvalue weighted by Crippen LogP contribution is -2.24. The topological polar surface area (TPSA) is 93.8 Å². The molecule has 1 amide bonds. The first-order valence-corrected chi connectivity index (χ1v) is 8.72. The van der Waals surface area contributed by atoms with Crippen molar-refractivity contribution in [1.82, 2.24) is 5.43 Å². The number of hydrogen-bond donors (Lipinski definition) is 1. The summed E-state index contributed by atoms with van der Waals surface area (Å²) >= 11 is 0. The van der Waals surface area contributed by atoms with E-state index in [1.54, 1.807) is 24.3 Å². The fourth-order valence-electron chi connectivity index (χ4n) is 2.28. The van der Waals surface area contributed by atoms with Crippen LogP contribution in [0, 0.1) is 10.1 Å². The largest absolute Gasteiger partial charge is 0.484 e. The third-order valence-corrected chi connectivity index (χ3v) is 3.81. The van der Waals surface area contributed by atoms with Crippen LogP contribution in [0.1, 0.15) is 31.9 Å². The number of amides is 1. The number of nitro benzene ring substituents is 1. The van der Waals surface area contributed by atoms with E-state index < -0.39 is 4.92 Å². The van der Waals surface area contributed by atoms with Crippen molar-refractivity contribution in [2.24, 2.45) is 5.10 Å². The lowest BCUT2D eigenvalue weighted by Gasteiger charge is -2.19. The quantitative estimate of drug-likeness (QED) is 0.444. The van der Waals surface area contributed by atoms with E-state index in [1.165, 1.54) is 23.9 Å². The van der Waals surface area contributed by atoms with Crippen molar-refractivity contribution in [2.75, 3.05) is 6.61 Å². The number of benzene rings is 2. The van der Waals surface area contributed by atoms with Crippen molar-refractivity contribution in [1.29, 1.82) is 0 Å². The van der Waals surface area contributed by atoms with E-state index in [0.29, 0.717) is 11.3 Å². The van der Waals surface area contributed by atoms with Gasteiger partial charge < -0.3 is 4.74 Å². The molecule has 0 heterocycles. The maximum absolute atomic E-state index is 11.7. The van der Waals surface area contributed by atoms with Gasteiger partial charge in [0.15, 0.2) is 6.61 Å². The SMILES string of the molecule is CC(C)(C)c1ccc(OCC(=O)N/N=C/C=C/c2cccc([N+](=O)[O-])c2)cc1. The summed E-state index contributed by atoms with van der Waals surface area (Å²) in [6.45, 7) is 6.23. The van der Waals surface area contributed by atoms with Crippen LogP contribution in [0.2, 0.25) is 0 Å². The highest BCUT2D eigenvalue weighted by Crippen LogP contribution is 2.24. The minimum atomic E-state index is -0.456. The Hall–Kier alpha value is -3.48. The Morgan fingerprint density at radius 3 is 2.57 bits per heavy atom. The number of nitrogens with zero attached hydrogens (tertiary/aromatic N) is 2. The van der Waals surface area contributed by atoms with Crippen LogP contribution >= 0.6 is 0 Å². The van der Waals surface area contributed by atoms with E-state index >= 15 is 0 Å². The van der Waals surface area contributed by atoms with E-state index in [1.807, 2.05) is 24.3 Å². The van der Waals surface area contributed by atoms with Gasteiger partial charge in [-0.15, -0.1) is 0 Å². The normalized spacial score (nSPS) is 11.7. The first kappa shape index (κ1) is 20.8. The maximum atomic E-state index is 11.7. The smallest absolute Gasteiger partial charge is 0.277 e. The van der Waals surface area contributed by atoms with Gasteiger partial charge in [0.1, 0.15) is 5.75 Å². The molecule has 0 saturated heterocycles.